The van der Waals surface area contributed by atoms with Crippen LogP contribution in [-0.2, 0) is 6.42 Å². The van der Waals surface area contributed by atoms with Crippen molar-refractivity contribution in [2.75, 3.05) is 6.61 Å². The molecule has 0 saturated heterocycles. The van der Waals surface area contributed by atoms with E-state index in [9.17, 15) is 5.11 Å². The van der Waals surface area contributed by atoms with E-state index in [-0.39, 0.29) is 6.10 Å². The monoisotopic (exact) mass is 328 g/mol. The number of hydrogen-bond acceptors (Lipinski definition) is 3. The van der Waals surface area contributed by atoms with Crippen molar-refractivity contribution in [1.82, 2.24) is 0 Å². The van der Waals surface area contributed by atoms with E-state index < -0.39 is 6.10 Å². The largest absolute Gasteiger partial charge is 0.490 e. The van der Waals surface area contributed by atoms with Gasteiger partial charge in [-0.05, 0) is 63.8 Å². The predicted molar refractivity (Wildman–Crippen MR) is 97.8 cm³/mol. The van der Waals surface area contributed by atoms with Crippen molar-refractivity contribution in [3.05, 3.63) is 59.2 Å². The number of hydrogen-bond donors (Lipinski definition) is 1. The zero-order valence-electron chi connectivity index (χ0n) is 15.1. The van der Waals surface area contributed by atoms with Gasteiger partial charge in [0.05, 0.1) is 18.8 Å². The van der Waals surface area contributed by atoms with Gasteiger partial charge in [0.15, 0.2) is 11.5 Å². The maximum Gasteiger partial charge on any atom is 0.161 e. The van der Waals surface area contributed by atoms with E-state index >= 15 is 0 Å². The van der Waals surface area contributed by atoms with Gasteiger partial charge in [-0.25, -0.2) is 0 Å². The van der Waals surface area contributed by atoms with Crippen molar-refractivity contribution < 1.29 is 14.6 Å². The Morgan fingerprint density at radius 2 is 1.71 bits per heavy atom. The number of aryl methyl sites for hydroxylation is 2. The van der Waals surface area contributed by atoms with Gasteiger partial charge in [-0.1, -0.05) is 35.9 Å². The van der Waals surface area contributed by atoms with Crippen LogP contribution in [0.25, 0.3) is 0 Å². The van der Waals surface area contributed by atoms with E-state index in [1.54, 1.807) is 0 Å². The van der Waals surface area contributed by atoms with E-state index in [1.165, 1.54) is 5.56 Å². The molecule has 0 amide bonds. The summed E-state index contributed by atoms with van der Waals surface area (Å²) in [4.78, 5) is 0. The SMILES string of the molecule is CCOc1cc(CCC(O)c2ccc(C)cc2)ccc1OC(C)C. The fourth-order valence-corrected chi connectivity index (χ4v) is 2.59. The summed E-state index contributed by atoms with van der Waals surface area (Å²) in [5, 5.41) is 10.4. The van der Waals surface area contributed by atoms with Gasteiger partial charge in [-0.15, -0.1) is 0 Å². The fourth-order valence-electron chi connectivity index (χ4n) is 2.59. The lowest BCUT2D eigenvalue weighted by Gasteiger charge is -2.16. The highest BCUT2D eigenvalue weighted by Crippen LogP contribution is 2.30. The third kappa shape index (κ3) is 5.27. The maximum absolute atomic E-state index is 10.4. The van der Waals surface area contributed by atoms with Crippen molar-refractivity contribution in [2.45, 2.75) is 52.7 Å². The van der Waals surface area contributed by atoms with Crippen molar-refractivity contribution in [2.24, 2.45) is 0 Å². The molecule has 0 saturated carbocycles. The Morgan fingerprint density at radius 1 is 1.00 bits per heavy atom. The minimum absolute atomic E-state index is 0.110. The zero-order valence-corrected chi connectivity index (χ0v) is 15.1. The van der Waals surface area contributed by atoms with Gasteiger partial charge in [-0.2, -0.15) is 0 Å². The smallest absolute Gasteiger partial charge is 0.161 e. The number of aliphatic hydroxyl groups is 1. The minimum Gasteiger partial charge on any atom is -0.490 e. The summed E-state index contributed by atoms with van der Waals surface area (Å²) < 4.78 is 11.5. The van der Waals surface area contributed by atoms with E-state index in [0.717, 1.165) is 29.0 Å². The van der Waals surface area contributed by atoms with Crippen LogP contribution in [0.1, 0.15) is 50.0 Å². The number of rotatable bonds is 8. The summed E-state index contributed by atoms with van der Waals surface area (Å²) in [6.07, 6.45) is 1.13. The Morgan fingerprint density at radius 3 is 2.33 bits per heavy atom. The first-order valence-electron chi connectivity index (χ1n) is 8.66. The Balaban J connectivity index is 2.03. The van der Waals surface area contributed by atoms with Crippen molar-refractivity contribution >= 4 is 0 Å². The summed E-state index contributed by atoms with van der Waals surface area (Å²) in [7, 11) is 0. The van der Waals surface area contributed by atoms with Gasteiger partial charge in [-0.3, -0.25) is 0 Å². The van der Waals surface area contributed by atoms with Gasteiger partial charge in [0.1, 0.15) is 0 Å². The molecule has 1 unspecified atom stereocenters. The molecule has 0 heterocycles. The number of ether oxygens (including phenoxy) is 2. The molecule has 0 fully saturated rings. The maximum atomic E-state index is 10.4. The zero-order chi connectivity index (χ0) is 17.5. The molecule has 0 spiro atoms. The molecular weight excluding hydrogens is 300 g/mol. The lowest BCUT2D eigenvalue weighted by molar-refractivity contribution is 0.167. The number of benzene rings is 2. The van der Waals surface area contributed by atoms with Crippen LogP contribution >= 0.6 is 0 Å². The molecule has 0 aliphatic carbocycles. The van der Waals surface area contributed by atoms with Crippen LogP contribution in [0, 0.1) is 6.92 Å². The first-order chi connectivity index (χ1) is 11.5. The summed E-state index contributed by atoms with van der Waals surface area (Å²) in [5.74, 6) is 1.54. The highest BCUT2D eigenvalue weighted by molar-refractivity contribution is 5.43. The molecule has 0 bridgehead atoms. The molecule has 24 heavy (non-hydrogen) atoms. The molecule has 0 aromatic heterocycles. The second-order valence-corrected chi connectivity index (χ2v) is 6.35. The molecule has 2 aromatic carbocycles. The molecular formula is C21H28O3. The van der Waals surface area contributed by atoms with Gasteiger partial charge in [0, 0.05) is 0 Å². The molecule has 0 radical (unpaired) electrons. The van der Waals surface area contributed by atoms with Crippen LogP contribution in [0.5, 0.6) is 11.5 Å². The van der Waals surface area contributed by atoms with E-state index in [2.05, 4.69) is 0 Å². The average molecular weight is 328 g/mol. The summed E-state index contributed by atoms with van der Waals surface area (Å²) in [6, 6.07) is 14.1. The van der Waals surface area contributed by atoms with Gasteiger partial charge in [0.2, 0.25) is 0 Å². The molecule has 130 valence electrons. The second kappa shape index (κ2) is 8.74. The Kier molecular flexibility index (Phi) is 6.68. The molecule has 3 heteroatoms. The molecule has 2 aromatic rings. The standard InChI is InChI=1S/C21H28O3/c1-5-23-21-14-17(9-13-20(21)24-15(2)3)8-12-19(22)18-10-6-16(4)7-11-18/h6-7,9-11,13-15,19,22H,5,8,12H2,1-4H3. The molecule has 1 N–H and O–H groups in total. The first-order valence-corrected chi connectivity index (χ1v) is 8.66. The van der Waals surface area contributed by atoms with Crippen LogP contribution in [-0.4, -0.2) is 17.8 Å². The molecule has 0 aliphatic rings. The summed E-state index contributed by atoms with van der Waals surface area (Å²) in [6.45, 7) is 8.62. The van der Waals surface area contributed by atoms with Crippen LogP contribution in [0.3, 0.4) is 0 Å². The highest BCUT2D eigenvalue weighted by Gasteiger charge is 2.11. The van der Waals surface area contributed by atoms with Crippen LogP contribution < -0.4 is 9.47 Å². The number of aliphatic hydroxyl groups excluding tert-OH is 1. The molecule has 3 nitrogen and oxygen atoms in total. The van der Waals surface area contributed by atoms with Crippen molar-refractivity contribution in [3.63, 3.8) is 0 Å². The van der Waals surface area contributed by atoms with Crippen LogP contribution in [0.15, 0.2) is 42.5 Å². The van der Waals surface area contributed by atoms with E-state index in [4.69, 9.17) is 9.47 Å². The Labute approximate surface area is 145 Å². The fraction of sp³-hybridized carbons (Fsp3) is 0.429. The van der Waals surface area contributed by atoms with Crippen LogP contribution in [0.4, 0.5) is 0 Å². The lowest BCUT2D eigenvalue weighted by atomic mass is 10.0. The van der Waals surface area contributed by atoms with Crippen molar-refractivity contribution in [1.29, 1.82) is 0 Å². The summed E-state index contributed by atoms with van der Waals surface area (Å²) in [5.41, 5.74) is 3.30. The van der Waals surface area contributed by atoms with Gasteiger partial charge in [0.25, 0.3) is 0 Å². The third-order valence-corrected chi connectivity index (χ3v) is 3.84. The van der Waals surface area contributed by atoms with Gasteiger partial charge < -0.3 is 14.6 Å². The first kappa shape index (κ1) is 18.3. The highest BCUT2D eigenvalue weighted by atomic mass is 16.5. The molecule has 0 aliphatic heterocycles. The summed E-state index contributed by atoms with van der Waals surface area (Å²) >= 11 is 0. The quantitative estimate of drug-likeness (QED) is 0.753. The normalized spacial score (nSPS) is 12.2. The molecule has 2 rings (SSSR count). The van der Waals surface area contributed by atoms with E-state index in [0.29, 0.717) is 13.0 Å². The third-order valence-electron chi connectivity index (χ3n) is 3.84. The Bertz CT molecular complexity index is 632. The topological polar surface area (TPSA) is 38.7 Å². The predicted octanol–water partition coefficient (Wildman–Crippen LogP) is 4.85. The van der Waals surface area contributed by atoms with Crippen LogP contribution in [0.2, 0.25) is 0 Å². The van der Waals surface area contributed by atoms with Crippen molar-refractivity contribution in [3.8, 4) is 11.5 Å². The van der Waals surface area contributed by atoms with E-state index in [1.807, 2.05) is 70.2 Å². The van der Waals surface area contributed by atoms with Gasteiger partial charge >= 0.3 is 0 Å². The Hall–Kier alpha value is -2.00. The molecule has 1 atom stereocenters. The minimum atomic E-state index is -0.451. The second-order valence-electron chi connectivity index (χ2n) is 6.35. The lowest BCUT2D eigenvalue weighted by Crippen LogP contribution is -2.08. The average Bonchev–Trinajstić information content (AvgIpc) is 2.55.